The molecule has 0 aromatic heterocycles. The van der Waals surface area contributed by atoms with Gasteiger partial charge in [-0.2, -0.15) is 5.26 Å². The van der Waals surface area contributed by atoms with Crippen molar-refractivity contribution in [1.29, 1.82) is 5.26 Å². The molecule has 1 amide bonds. The number of aromatic hydroxyl groups is 1. The van der Waals surface area contributed by atoms with Gasteiger partial charge in [0.15, 0.2) is 0 Å². The van der Waals surface area contributed by atoms with Gasteiger partial charge in [-0.25, -0.2) is 4.39 Å². The summed E-state index contributed by atoms with van der Waals surface area (Å²) in [6, 6.07) is 15.2. The molecule has 2 heterocycles. The van der Waals surface area contributed by atoms with Crippen molar-refractivity contribution in [2.75, 3.05) is 63.8 Å². The molecule has 2 aromatic carbocycles. The average molecular weight is 438 g/mol. The van der Waals surface area contributed by atoms with Crippen LogP contribution in [0.1, 0.15) is 11.6 Å². The maximum atomic E-state index is 13.2. The highest BCUT2D eigenvalue weighted by Gasteiger charge is 2.28. The monoisotopic (exact) mass is 437 g/mol. The largest absolute Gasteiger partial charge is 0.506 e. The van der Waals surface area contributed by atoms with Gasteiger partial charge in [0.05, 0.1) is 18.3 Å². The molecule has 0 radical (unpaired) electrons. The molecule has 0 aliphatic carbocycles. The van der Waals surface area contributed by atoms with E-state index in [0.717, 1.165) is 37.4 Å². The van der Waals surface area contributed by atoms with Gasteiger partial charge in [0.2, 0.25) is 5.91 Å². The van der Waals surface area contributed by atoms with Crippen molar-refractivity contribution < 1.29 is 14.3 Å². The Kier molecular flexibility index (Phi) is 6.88. The molecule has 0 unspecified atom stereocenters. The third-order valence-electron chi connectivity index (χ3n) is 6.29. The van der Waals surface area contributed by atoms with Crippen molar-refractivity contribution in [3.8, 4) is 11.8 Å². The summed E-state index contributed by atoms with van der Waals surface area (Å²) in [5, 5.41) is 19.7. The molecule has 1 atom stereocenters. The quantitative estimate of drug-likeness (QED) is 0.772. The Hall–Kier alpha value is -3.15. The second-order valence-electron chi connectivity index (χ2n) is 8.25. The number of carbonyl (C=O) groups excluding carboxylic acids is 1. The Bertz CT molecular complexity index is 961. The van der Waals surface area contributed by atoms with E-state index in [9.17, 15) is 19.6 Å². The normalized spacial score (nSPS) is 18.9. The Morgan fingerprint density at radius 3 is 2.25 bits per heavy atom. The van der Waals surface area contributed by atoms with E-state index in [4.69, 9.17) is 0 Å². The first kappa shape index (κ1) is 22.1. The number of phenols is 1. The summed E-state index contributed by atoms with van der Waals surface area (Å²) in [4.78, 5) is 21.0. The van der Waals surface area contributed by atoms with Crippen molar-refractivity contribution in [2.45, 2.75) is 6.04 Å². The summed E-state index contributed by atoms with van der Waals surface area (Å²) >= 11 is 0. The second-order valence-corrected chi connectivity index (χ2v) is 8.25. The fraction of sp³-hybridized carbons (Fsp3) is 0.417. The summed E-state index contributed by atoms with van der Waals surface area (Å²) in [5.41, 5.74) is 1.61. The van der Waals surface area contributed by atoms with Gasteiger partial charge in [-0.05, 0) is 29.8 Å². The summed E-state index contributed by atoms with van der Waals surface area (Å²) in [6.07, 6.45) is 0. The SMILES string of the molecule is N#C[C@H](c1ccc(F)cc1)N1CCN(C(=O)CN2CCN(c3ccccc3O)CC2)CC1. The molecular formula is C24H28FN5O2. The van der Waals surface area contributed by atoms with E-state index in [0.29, 0.717) is 32.7 Å². The van der Waals surface area contributed by atoms with Crippen LogP contribution in [0, 0.1) is 17.1 Å². The fourth-order valence-corrected chi connectivity index (χ4v) is 4.41. The topological polar surface area (TPSA) is 74.1 Å². The van der Waals surface area contributed by atoms with Crippen LogP contribution in [0.15, 0.2) is 48.5 Å². The number of phenolic OH excluding ortho intramolecular Hbond substituents is 1. The minimum absolute atomic E-state index is 0.107. The zero-order chi connectivity index (χ0) is 22.5. The molecule has 0 saturated carbocycles. The maximum Gasteiger partial charge on any atom is 0.236 e. The number of carbonyl (C=O) groups is 1. The molecular weight excluding hydrogens is 409 g/mol. The number of para-hydroxylation sites is 2. The first-order valence-electron chi connectivity index (χ1n) is 11.0. The van der Waals surface area contributed by atoms with Crippen molar-refractivity contribution in [3.63, 3.8) is 0 Å². The Morgan fingerprint density at radius 1 is 0.969 bits per heavy atom. The second kappa shape index (κ2) is 9.98. The lowest BCUT2D eigenvalue weighted by molar-refractivity contribution is -0.134. The minimum atomic E-state index is -0.435. The van der Waals surface area contributed by atoms with Gasteiger partial charge < -0.3 is 14.9 Å². The van der Waals surface area contributed by atoms with Gasteiger partial charge in [-0.3, -0.25) is 14.6 Å². The molecule has 168 valence electrons. The highest BCUT2D eigenvalue weighted by Crippen LogP contribution is 2.27. The number of hydrogen-bond acceptors (Lipinski definition) is 6. The van der Waals surface area contributed by atoms with E-state index in [1.54, 1.807) is 18.2 Å². The molecule has 2 aromatic rings. The molecule has 32 heavy (non-hydrogen) atoms. The predicted molar refractivity (Wildman–Crippen MR) is 120 cm³/mol. The van der Waals surface area contributed by atoms with E-state index in [1.807, 2.05) is 28.0 Å². The standard InChI is InChI=1S/C24H28FN5O2/c25-20-7-5-19(6-8-20)22(17-26)29-13-15-30(16-14-29)24(32)18-27-9-11-28(12-10-27)21-3-1-2-4-23(21)31/h1-8,22,31H,9-16,18H2/t22-/m1/s1. The predicted octanol–water partition coefficient (Wildman–Crippen LogP) is 2.06. The van der Waals surface area contributed by atoms with E-state index in [2.05, 4.69) is 15.9 Å². The van der Waals surface area contributed by atoms with Gasteiger partial charge in [0.25, 0.3) is 0 Å². The van der Waals surface area contributed by atoms with Crippen molar-refractivity contribution >= 4 is 11.6 Å². The third-order valence-corrected chi connectivity index (χ3v) is 6.29. The van der Waals surface area contributed by atoms with Crippen molar-refractivity contribution in [1.82, 2.24) is 14.7 Å². The van der Waals surface area contributed by atoms with Gasteiger partial charge in [0.1, 0.15) is 17.6 Å². The van der Waals surface area contributed by atoms with Gasteiger partial charge in [-0.15, -0.1) is 0 Å². The van der Waals surface area contributed by atoms with Crippen LogP contribution in [0.2, 0.25) is 0 Å². The fourth-order valence-electron chi connectivity index (χ4n) is 4.41. The number of hydrogen-bond donors (Lipinski definition) is 1. The van der Waals surface area contributed by atoms with Gasteiger partial charge >= 0.3 is 0 Å². The van der Waals surface area contributed by atoms with Crippen LogP contribution in [0.3, 0.4) is 0 Å². The summed E-state index contributed by atoms with van der Waals surface area (Å²) < 4.78 is 13.2. The van der Waals surface area contributed by atoms with E-state index >= 15 is 0 Å². The molecule has 8 heteroatoms. The van der Waals surface area contributed by atoms with Crippen LogP contribution < -0.4 is 4.90 Å². The molecule has 0 bridgehead atoms. The smallest absolute Gasteiger partial charge is 0.236 e. The molecule has 2 aliphatic rings. The summed E-state index contributed by atoms with van der Waals surface area (Å²) in [5.74, 6) is 0.0735. The first-order chi connectivity index (χ1) is 15.5. The van der Waals surface area contributed by atoms with Crippen molar-refractivity contribution in [2.24, 2.45) is 0 Å². The van der Waals surface area contributed by atoms with E-state index in [1.165, 1.54) is 12.1 Å². The highest BCUT2D eigenvalue weighted by atomic mass is 19.1. The molecule has 0 spiro atoms. The number of nitriles is 1. The molecule has 1 N–H and O–H groups in total. The van der Waals surface area contributed by atoms with Crippen LogP contribution in [-0.4, -0.2) is 84.6 Å². The Labute approximate surface area is 187 Å². The zero-order valence-electron chi connectivity index (χ0n) is 18.0. The number of nitrogens with zero attached hydrogens (tertiary/aromatic N) is 5. The highest BCUT2D eigenvalue weighted by molar-refractivity contribution is 5.78. The molecule has 2 fully saturated rings. The van der Waals surface area contributed by atoms with Crippen LogP contribution >= 0.6 is 0 Å². The van der Waals surface area contributed by atoms with Crippen LogP contribution in [-0.2, 0) is 4.79 Å². The summed E-state index contributed by atoms with van der Waals surface area (Å²) in [7, 11) is 0. The Morgan fingerprint density at radius 2 is 1.62 bits per heavy atom. The maximum absolute atomic E-state index is 13.2. The Balaban J connectivity index is 1.25. The lowest BCUT2D eigenvalue weighted by Crippen LogP contribution is -2.54. The van der Waals surface area contributed by atoms with Gasteiger partial charge in [-0.1, -0.05) is 24.3 Å². The van der Waals surface area contributed by atoms with E-state index in [-0.39, 0.29) is 17.5 Å². The lowest BCUT2D eigenvalue weighted by Gasteiger charge is -2.39. The number of halogens is 1. The first-order valence-corrected chi connectivity index (χ1v) is 11.0. The molecule has 7 nitrogen and oxygen atoms in total. The van der Waals surface area contributed by atoms with Crippen LogP contribution in [0.4, 0.5) is 10.1 Å². The molecule has 2 saturated heterocycles. The number of benzene rings is 2. The number of rotatable bonds is 5. The average Bonchev–Trinajstić information content (AvgIpc) is 2.82. The summed E-state index contributed by atoms with van der Waals surface area (Å²) in [6.45, 7) is 5.83. The number of piperazine rings is 2. The van der Waals surface area contributed by atoms with E-state index < -0.39 is 6.04 Å². The zero-order valence-corrected chi connectivity index (χ0v) is 18.0. The van der Waals surface area contributed by atoms with Crippen molar-refractivity contribution in [3.05, 3.63) is 59.9 Å². The number of anilines is 1. The lowest BCUT2D eigenvalue weighted by atomic mass is 10.1. The number of amides is 1. The third kappa shape index (κ3) is 5.01. The minimum Gasteiger partial charge on any atom is -0.506 e. The van der Waals surface area contributed by atoms with Crippen LogP contribution in [0.25, 0.3) is 0 Å². The molecule has 4 rings (SSSR count). The van der Waals surface area contributed by atoms with Crippen LogP contribution in [0.5, 0.6) is 5.75 Å². The molecule has 2 aliphatic heterocycles. The van der Waals surface area contributed by atoms with Gasteiger partial charge in [0, 0.05) is 52.4 Å².